The van der Waals surface area contributed by atoms with E-state index >= 15 is 0 Å². The van der Waals surface area contributed by atoms with Crippen molar-refractivity contribution in [3.05, 3.63) is 63.2 Å². The molecular formula is C13H7ClN2O3. The molecule has 2 aromatic rings. The molecule has 5 nitrogen and oxygen atoms in total. The predicted octanol–water partition coefficient (Wildman–Crippen LogP) is 3.91. The fraction of sp³-hybridized carbons (Fsp3) is 0. The van der Waals surface area contributed by atoms with Crippen LogP contribution in [0.1, 0.15) is 5.56 Å². The number of halogens is 1. The van der Waals surface area contributed by atoms with Gasteiger partial charge in [0, 0.05) is 6.07 Å². The molecule has 0 amide bonds. The molecule has 0 aliphatic heterocycles. The average molecular weight is 275 g/mol. The average Bonchev–Trinajstić information content (AvgIpc) is 2.41. The number of nitrogens with zero attached hydrogens (tertiary/aromatic N) is 2. The van der Waals surface area contributed by atoms with E-state index in [2.05, 4.69) is 0 Å². The van der Waals surface area contributed by atoms with Gasteiger partial charge in [-0.15, -0.1) is 0 Å². The number of hydrogen-bond acceptors (Lipinski definition) is 4. The molecule has 94 valence electrons. The maximum Gasteiger partial charge on any atom is 0.291 e. The molecular weight excluding hydrogens is 268 g/mol. The number of rotatable bonds is 3. The number of ether oxygens (including phenoxy) is 1. The standard InChI is InChI=1S/C13H7ClN2O3/c14-13-11(16(17)18)2-1-3-12(13)19-10-6-4-9(8-15)5-7-10/h1-7H. The fourth-order valence-corrected chi connectivity index (χ4v) is 1.68. The van der Waals surface area contributed by atoms with Crippen LogP contribution in [0.2, 0.25) is 5.02 Å². The lowest BCUT2D eigenvalue weighted by Crippen LogP contribution is -1.92. The first-order valence-electron chi connectivity index (χ1n) is 5.22. The van der Waals surface area contributed by atoms with Gasteiger partial charge < -0.3 is 4.74 Å². The van der Waals surface area contributed by atoms with Crippen molar-refractivity contribution in [1.29, 1.82) is 5.26 Å². The van der Waals surface area contributed by atoms with E-state index in [1.54, 1.807) is 24.3 Å². The van der Waals surface area contributed by atoms with Gasteiger partial charge in [-0.1, -0.05) is 17.7 Å². The second kappa shape index (κ2) is 5.38. The topological polar surface area (TPSA) is 76.2 Å². The largest absolute Gasteiger partial charge is 0.456 e. The molecule has 0 atom stereocenters. The quantitative estimate of drug-likeness (QED) is 0.628. The highest BCUT2D eigenvalue weighted by Crippen LogP contribution is 2.35. The molecule has 0 aliphatic rings. The molecule has 0 spiro atoms. The second-order valence-corrected chi connectivity index (χ2v) is 3.96. The van der Waals surface area contributed by atoms with Crippen molar-refractivity contribution in [2.45, 2.75) is 0 Å². The van der Waals surface area contributed by atoms with E-state index in [-0.39, 0.29) is 16.5 Å². The van der Waals surface area contributed by atoms with Gasteiger partial charge in [0.15, 0.2) is 10.8 Å². The van der Waals surface area contributed by atoms with E-state index in [4.69, 9.17) is 21.6 Å². The van der Waals surface area contributed by atoms with Crippen LogP contribution >= 0.6 is 11.6 Å². The number of nitriles is 1. The molecule has 0 N–H and O–H groups in total. The molecule has 2 aromatic carbocycles. The summed E-state index contributed by atoms with van der Waals surface area (Å²) in [5.41, 5.74) is 0.283. The van der Waals surface area contributed by atoms with Gasteiger partial charge in [-0.2, -0.15) is 5.26 Å². The van der Waals surface area contributed by atoms with Gasteiger partial charge in [0.1, 0.15) is 5.75 Å². The van der Waals surface area contributed by atoms with Gasteiger partial charge in [0.2, 0.25) is 0 Å². The van der Waals surface area contributed by atoms with Crippen LogP contribution in [-0.2, 0) is 0 Å². The van der Waals surface area contributed by atoms with Crippen molar-refractivity contribution < 1.29 is 9.66 Å². The number of nitro groups is 1. The Morgan fingerprint density at radius 3 is 2.47 bits per heavy atom. The van der Waals surface area contributed by atoms with E-state index in [1.807, 2.05) is 6.07 Å². The van der Waals surface area contributed by atoms with Gasteiger partial charge in [-0.25, -0.2) is 0 Å². The molecule has 6 heteroatoms. The van der Waals surface area contributed by atoms with Crippen LogP contribution in [0.25, 0.3) is 0 Å². The molecule has 0 aromatic heterocycles. The summed E-state index contributed by atoms with van der Waals surface area (Å²) < 4.78 is 5.45. The van der Waals surface area contributed by atoms with Gasteiger partial charge in [-0.05, 0) is 30.3 Å². The van der Waals surface area contributed by atoms with Crippen molar-refractivity contribution in [3.8, 4) is 17.6 Å². The maximum atomic E-state index is 10.7. The molecule has 0 bridgehead atoms. The minimum atomic E-state index is -0.575. The zero-order valence-corrected chi connectivity index (χ0v) is 10.3. The van der Waals surface area contributed by atoms with E-state index in [0.717, 1.165) is 0 Å². The lowest BCUT2D eigenvalue weighted by Gasteiger charge is -2.07. The number of hydrogen-bond donors (Lipinski definition) is 0. The third-order valence-electron chi connectivity index (χ3n) is 2.35. The summed E-state index contributed by atoms with van der Waals surface area (Å²) in [5.74, 6) is 0.641. The Morgan fingerprint density at radius 1 is 1.21 bits per heavy atom. The smallest absolute Gasteiger partial charge is 0.291 e. The van der Waals surface area contributed by atoms with Crippen LogP contribution in [0.3, 0.4) is 0 Å². The van der Waals surface area contributed by atoms with E-state index < -0.39 is 4.92 Å². The lowest BCUT2D eigenvalue weighted by molar-refractivity contribution is -0.384. The Morgan fingerprint density at radius 2 is 1.89 bits per heavy atom. The van der Waals surface area contributed by atoms with Crippen molar-refractivity contribution in [2.75, 3.05) is 0 Å². The third kappa shape index (κ3) is 2.81. The normalized spacial score (nSPS) is 9.68. The Balaban J connectivity index is 2.30. The van der Waals surface area contributed by atoms with Crippen LogP contribution in [0.5, 0.6) is 11.5 Å². The molecule has 0 saturated heterocycles. The minimum Gasteiger partial charge on any atom is -0.456 e. The predicted molar refractivity (Wildman–Crippen MR) is 69.3 cm³/mol. The van der Waals surface area contributed by atoms with Crippen LogP contribution in [0, 0.1) is 21.4 Å². The third-order valence-corrected chi connectivity index (χ3v) is 2.73. The van der Waals surface area contributed by atoms with E-state index in [1.165, 1.54) is 18.2 Å². The van der Waals surface area contributed by atoms with E-state index in [9.17, 15) is 10.1 Å². The van der Waals surface area contributed by atoms with Crippen LogP contribution < -0.4 is 4.74 Å². The highest BCUT2D eigenvalue weighted by Gasteiger charge is 2.16. The maximum absolute atomic E-state index is 10.7. The molecule has 0 aliphatic carbocycles. The molecule has 19 heavy (non-hydrogen) atoms. The summed E-state index contributed by atoms with van der Waals surface area (Å²) in [6, 6.07) is 12.7. The molecule has 0 saturated carbocycles. The SMILES string of the molecule is N#Cc1ccc(Oc2cccc([N+](=O)[O-])c2Cl)cc1. The monoisotopic (exact) mass is 274 g/mol. The summed E-state index contributed by atoms with van der Waals surface area (Å²) in [5, 5.41) is 19.4. The van der Waals surface area contributed by atoms with Gasteiger partial charge >= 0.3 is 0 Å². The van der Waals surface area contributed by atoms with Crippen molar-refractivity contribution in [3.63, 3.8) is 0 Å². The fourth-order valence-electron chi connectivity index (χ4n) is 1.44. The summed E-state index contributed by atoms with van der Waals surface area (Å²) >= 11 is 5.89. The zero-order valence-electron chi connectivity index (χ0n) is 9.54. The summed E-state index contributed by atoms with van der Waals surface area (Å²) in [6.07, 6.45) is 0. The molecule has 0 unspecified atom stereocenters. The Hall–Kier alpha value is -2.58. The highest BCUT2D eigenvalue weighted by molar-refractivity contribution is 6.34. The highest BCUT2D eigenvalue weighted by atomic mass is 35.5. The van der Waals surface area contributed by atoms with Crippen molar-refractivity contribution >= 4 is 17.3 Å². The van der Waals surface area contributed by atoms with Crippen molar-refractivity contribution in [2.24, 2.45) is 0 Å². The zero-order chi connectivity index (χ0) is 13.8. The first kappa shape index (κ1) is 12.9. The molecule has 0 fully saturated rings. The molecule has 2 rings (SSSR count). The Labute approximate surface area is 113 Å². The van der Waals surface area contributed by atoms with Gasteiger partial charge in [0.25, 0.3) is 5.69 Å². The second-order valence-electron chi connectivity index (χ2n) is 3.58. The number of benzene rings is 2. The summed E-state index contributed by atoms with van der Waals surface area (Å²) in [4.78, 5) is 10.2. The van der Waals surface area contributed by atoms with Gasteiger partial charge in [0.05, 0.1) is 16.6 Å². The Kier molecular flexibility index (Phi) is 3.64. The summed E-state index contributed by atoms with van der Waals surface area (Å²) in [6.45, 7) is 0. The molecule has 0 radical (unpaired) electrons. The first-order chi connectivity index (χ1) is 9.11. The van der Waals surface area contributed by atoms with E-state index in [0.29, 0.717) is 11.3 Å². The molecule has 0 heterocycles. The van der Waals surface area contributed by atoms with Crippen molar-refractivity contribution in [1.82, 2.24) is 0 Å². The summed E-state index contributed by atoms with van der Waals surface area (Å²) in [7, 11) is 0. The Bertz CT molecular complexity index is 663. The minimum absolute atomic E-state index is 0.0585. The van der Waals surface area contributed by atoms with Crippen LogP contribution in [-0.4, -0.2) is 4.92 Å². The first-order valence-corrected chi connectivity index (χ1v) is 5.60. The van der Waals surface area contributed by atoms with Gasteiger partial charge in [-0.3, -0.25) is 10.1 Å². The number of nitro benzene ring substituents is 1. The lowest BCUT2D eigenvalue weighted by atomic mass is 10.2. The van der Waals surface area contributed by atoms with Crippen LogP contribution in [0.4, 0.5) is 5.69 Å². The van der Waals surface area contributed by atoms with Crippen LogP contribution in [0.15, 0.2) is 42.5 Å².